The fraction of sp³-hybridized carbons (Fsp3) is 0.571. The average molecular weight is 353 g/mol. The Hall–Kier alpha value is -2.19. The lowest BCUT2D eigenvalue weighted by atomic mass is 9.82. The first kappa shape index (κ1) is 17.2. The van der Waals surface area contributed by atoms with E-state index in [0.29, 0.717) is 30.6 Å². The normalized spacial score (nSPS) is 29.5. The topological polar surface area (TPSA) is 46.1 Å². The highest BCUT2D eigenvalue weighted by Crippen LogP contribution is 2.47. The molecule has 138 valence electrons. The number of benzene rings is 1. The highest BCUT2D eigenvalue weighted by atomic mass is 16.5. The summed E-state index contributed by atoms with van der Waals surface area (Å²) in [7, 11) is 0. The molecule has 3 aliphatic rings. The maximum absolute atomic E-state index is 6.09. The molecule has 5 nitrogen and oxygen atoms in total. The van der Waals surface area contributed by atoms with Crippen molar-refractivity contribution in [1.29, 1.82) is 0 Å². The quantitative estimate of drug-likeness (QED) is 0.501. The van der Waals surface area contributed by atoms with Gasteiger partial charge in [-0.15, -0.1) is 6.42 Å². The van der Waals surface area contributed by atoms with E-state index in [1.165, 1.54) is 12.8 Å². The van der Waals surface area contributed by atoms with Crippen LogP contribution in [0, 0.1) is 24.2 Å². The molecule has 3 aliphatic heterocycles. The van der Waals surface area contributed by atoms with Crippen molar-refractivity contribution in [3.63, 3.8) is 0 Å². The van der Waals surface area contributed by atoms with Gasteiger partial charge in [-0.05, 0) is 25.8 Å². The van der Waals surface area contributed by atoms with Gasteiger partial charge in [0.2, 0.25) is 0 Å². The van der Waals surface area contributed by atoms with E-state index in [2.05, 4.69) is 23.1 Å². The third-order valence-corrected chi connectivity index (χ3v) is 5.77. The molecule has 1 N–H and O–H groups in total. The molecule has 5 heteroatoms. The van der Waals surface area contributed by atoms with Crippen molar-refractivity contribution >= 4 is 5.96 Å². The number of aliphatic imine (C=N–C) groups is 1. The molecular formula is C21H27N3O2. The number of para-hydroxylation sites is 1. The smallest absolute Gasteiger partial charge is 0.194 e. The minimum Gasteiger partial charge on any atom is -0.481 e. The highest BCUT2D eigenvalue weighted by Gasteiger charge is 2.53. The van der Waals surface area contributed by atoms with E-state index in [1.807, 2.05) is 24.3 Å². The Labute approximate surface area is 155 Å². The standard InChI is InChI=1S/C21H27N3O2/c1-3-11-25-18-8-6-5-7-15(18)12-23-21(22-4-2)24-13-16-17(14-24)20-10-9-19(16)26-20/h1,5-8,16-17,19-20H,4,9-14H2,2H3,(H,22,23). The van der Waals surface area contributed by atoms with Gasteiger partial charge in [0.1, 0.15) is 12.4 Å². The number of nitrogens with one attached hydrogen (secondary N) is 1. The zero-order valence-electron chi connectivity index (χ0n) is 15.4. The molecule has 4 rings (SSSR count). The molecule has 3 saturated heterocycles. The summed E-state index contributed by atoms with van der Waals surface area (Å²) in [5, 5.41) is 3.46. The Kier molecular flexibility index (Phi) is 5.03. The fourth-order valence-electron chi connectivity index (χ4n) is 4.61. The van der Waals surface area contributed by atoms with Gasteiger partial charge in [0.15, 0.2) is 5.96 Å². The second-order valence-corrected chi connectivity index (χ2v) is 7.29. The predicted molar refractivity (Wildman–Crippen MR) is 102 cm³/mol. The number of hydrogen-bond donors (Lipinski definition) is 1. The van der Waals surface area contributed by atoms with Gasteiger partial charge in [0.25, 0.3) is 0 Å². The summed E-state index contributed by atoms with van der Waals surface area (Å²) in [6, 6.07) is 7.97. The molecule has 4 unspecified atom stereocenters. The van der Waals surface area contributed by atoms with Crippen molar-refractivity contribution in [2.75, 3.05) is 26.2 Å². The molecule has 1 aromatic rings. The van der Waals surface area contributed by atoms with Crippen LogP contribution in [-0.2, 0) is 11.3 Å². The molecule has 3 fully saturated rings. The lowest BCUT2D eigenvalue weighted by Crippen LogP contribution is -2.41. The first-order valence-electron chi connectivity index (χ1n) is 9.63. The fourth-order valence-corrected chi connectivity index (χ4v) is 4.61. The van der Waals surface area contributed by atoms with Crippen molar-refractivity contribution in [1.82, 2.24) is 10.2 Å². The molecule has 1 aromatic carbocycles. The van der Waals surface area contributed by atoms with Crippen molar-refractivity contribution in [2.45, 2.75) is 38.5 Å². The van der Waals surface area contributed by atoms with Crippen LogP contribution in [0.1, 0.15) is 25.3 Å². The van der Waals surface area contributed by atoms with E-state index in [-0.39, 0.29) is 6.61 Å². The third-order valence-electron chi connectivity index (χ3n) is 5.77. The van der Waals surface area contributed by atoms with Crippen LogP contribution in [0.25, 0.3) is 0 Å². The van der Waals surface area contributed by atoms with Crippen LogP contribution in [-0.4, -0.2) is 49.3 Å². The number of terminal acetylenes is 1. The Bertz CT molecular complexity index is 693. The first-order chi connectivity index (χ1) is 12.8. The number of fused-ring (bicyclic) bond motifs is 5. The third kappa shape index (κ3) is 3.26. The number of likely N-dealkylation sites (tertiary alicyclic amines) is 1. The molecule has 0 aliphatic carbocycles. The monoisotopic (exact) mass is 353 g/mol. The van der Waals surface area contributed by atoms with Gasteiger partial charge in [-0.25, -0.2) is 4.99 Å². The van der Waals surface area contributed by atoms with Crippen molar-refractivity contribution in [2.24, 2.45) is 16.8 Å². The SMILES string of the molecule is C#CCOc1ccccc1CN=C(NCC)N1CC2C3CCC(O3)C2C1. The molecule has 0 aromatic heterocycles. The maximum Gasteiger partial charge on any atom is 0.194 e. The summed E-state index contributed by atoms with van der Waals surface area (Å²) >= 11 is 0. The largest absolute Gasteiger partial charge is 0.481 e. The zero-order valence-corrected chi connectivity index (χ0v) is 15.4. The van der Waals surface area contributed by atoms with E-state index in [1.54, 1.807) is 0 Å². The van der Waals surface area contributed by atoms with Crippen LogP contribution < -0.4 is 10.1 Å². The molecule has 0 radical (unpaired) electrons. The van der Waals surface area contributed by atoms with E-state index in [4.69, 9.17) is 20.9 Å². The first-order valence-corrected chi connectivity index (χ1v) is 9.63. The van der Waals surface area contributed by atoms with Gasteiger partial charge in [-0.3, -0.25) is 0 Å². The van der Waals surface area contributed by atoms with Crippen molar-refractivity contribution in [3.8, 4) is 18.1 Å². The second kappa shape index (κ2) is 7.59. The number of guanidine groups is 1. The van der Waals surface area contributed by atoms with Crippen LogP contribution in [0.3, 0.4) is 0 Å². The minimum absolute atomic E-state index is 0.277. The van der Waals surface area contributed by atoms with Crippen LogP contribution in [0.15, 0.2) is 29.3 Å². The Morgan fingerprint density at radius 1 is 1.31 bits per heavy atom. The molecule has 26 heavy (non-hydrogen) atoms. The van der Waals surface area contributed by atoms with E-state index >= 15 is 0 Å². The van der Waals surface area contributed by atoms with Gasteiger partial charge >= 0.3 is 0 Å². The number of rotatable bonds is 5. The van der Waals surface area contributed by atoms with Gasteiger partial charge in [0, 0.05) is 37.0 Å². The number of ether oxygens (including phenoxy) is 2. The van der Waals surface area contributed by atoms with Gasteiger partial charge in [-0.1, -0.05) is 24.1 Å². The Morgan fingerprint density at radius 3 is 2.73 bits per heavy atom. The highest BCUT2D eigenvalue weighted by molar-refractivity contribution is 5.80. The van der Waals surface area contributed by atoms with E-state index in [9.17, 15) is 0 Å². The summed E-state index contributed by atoms with van der Waals surface area (Å²) in [6.45, 7) is 5.93. The van der Waals surface area contributed by atoms with E-state index in [0.717, 1.165) is 36.9 Å². The molecule has 0 amide bonds. The number of nitrogens with zero attached hydrogens (tertiary/aromatic N) is 2. The average Bonchev–Trinajstić information content (AvgIpc) is 3.37. The summed E-state index contributed by atoms with van der Waals surface area (Å²) in [4.78, 5) is 7.31. The zero-order chi connectivity index (χ0) is 17.9. The molecule has 3 heterocycles. The predicted octanol–water partition coefficient (Wildman–Crippen LogP) is 2.27. The lowest BCUT2D eigenvalue weighted by molar-refractivity contribution is 0.0767. The summed E-state index contributed by atoms with van der Waals surface area (Å²) in [5.74, 6) is 5.67. The number of hydrogen-bond acceptors (Lipinski definition) is 3. The minimum atomic E-state index is 0.277. The molecule has 4 atom stereocenters. The Morgan fingerprint density at radius 2 is 2.04 bits per heavy atom. The van der Waals surface area contributed by atoms with Crippen LogP contribution >= 0.6 is 0 Å². The lowest BCUT2D eigenvalue weighted by Gasteiger charge is -2.23. The summed E-state index contributed by atoms with van der Waals surface area (Å²) in [6.07, 6.45) is 8.71. The van der Waals surface area contributed by atoms with Crippen LogP contribution in [0.4, 0.5) is 0 Å². The summed E-state index contributed by atoms with van der Waals surface area (Å²) in [5.41, 5.74) is 1.06. The molecule has 0 saturated carbocycles. The van der Waals surface area contributed by atoms with Gasteiger partial charge < -0.3 is 19.7 Å². The van der Waals surface area contributed by atoms with Crippen LogP contribution in [0.5, 0.6) is 5.75 Å². The maximum atomic E-state index is 6.09. The van der Waals surface area contributed by atoms with E-state index < -0.39 is 0 Å². The molecule has 2 bridgehead atoms. The van der Waals surface area contributed by atoms with Gasteiger partial charge in [-0.2, -0.15) is 0 Å². The van der Waals surface area contributed by atoms with Crippen molar-refractivity contribution < 1.29 is 9.47 Å². The summed E-state index contributed by atoms with van der Waals surface area (Å²) < 4.78 is 11.7. The molecular weight excluding hydrogens is 326 g/mol. The second-order valence-electron chi connectivity index (χ2n) is 7.29. The molecule has 0 spiro atoms. The van der Waals surface area contributed by atoms with Gasteiger partial charge in [0.05, 0.1) is 18.8 Å². The Balaban J connectivity index is 1.47. The van der Waals surface area contributed by atoms with Crippen LogP contribution in [0.2, 0.25) is 0 Å². The van der Waals surface area contributed by atoms with Crippen molar-refractivity contribution in [3.05, 3.63) is 29.8 Å².